The summed E-state index contributed by atoms with van der Waals surface area (Å²) in [6.45, 7) is 4.09. The van der Waals surface area contributed by atoms with Crippen LogP contribution in [-0.2, 0) is 7.05 Å². The molecular formula is C9H12N4. The lowest BCUT2D eigenvalue weighted by atomic mass is 10.5. The molecule has 0 fully saturated rings. The molecule has 0 aliphatic carbocycles. The van der Waals surface area contributed by atoms with E-state index in [1.165, 1.54) is 0 Å². The molecule has 2 aromatic heterocycles. The van der Waals surface area contributed by atoms with E-state index in [-0.39, 0.29) is 0 Å². The second-order valence-electron chi connectivity index (χ2n) is 3.17. The molecular weight excluding hydrogens is 164 g/mol. The highest BCUT2D eigenvalue weighted by molar-refractivity contribution is 5.24. The van der Waals surface area contributed by atoms with Crippen LogP contribution < -0.4 is 0 Å². The van der Waals surface area contributed by atoms with Gasteiger partial charge in [0.05, 0.1) is 0 Å². The van der Waals surface area contributed by atoms with Crippen molar-refractivity contribution in [3.8, 4) is 5.95 Å². The van der Waals surface area contributed by atoms with E-state index in [1.54, 1.807) is 11.0 Å². The van der Waals surface area contributed by atoms with Crippen LogP contribution >= 0.6 is 0 Å². The molecule has 2 heterocycles. The molecule has 68 valence electrons. The van der Waals surface area contributed by atoms with Crippen LogP contribution in [0.1, 0.15) is 11.4 Å². The molecule has 0 aliphatic heterocycles. The van der Waals surface area contributed by atoms with Crippen molar-refractivity contribution in [3.05, 3.63) is 29.8 Å². The normalized spacial score (nSPS) is 10.7. The van der Waals surface area contributed by atoms with Gasteiger partial charge in [0.25, 0.3) is 5.95 Å². The van der Waals surface area contributed by atoms with E-state index in [4.69, 9.17) is 0 Å². The highest BCUT2D eigenvalue weighted by Crippen LogP contribution is 2.11. The standard InChI is InChI=1S/C9H12N4/c1-7-4-5-8(2)13(7)9-10-6-12(3)11-9/h4-6H,1-3H3. The van der Waals surface area contributed by atoms with Gasteiger partial charge in [-0.3, -0.25) is 9.25 Å². The maximum absolute atomic E-state index is 4.24. The molecule has 0 aliphatic rings. The highest BCUT2D eigenvalue weighted by atomic mass is 15.4. The summed E-state index contributed by atoms with van der Waals surface area (Å²) in [4.78, 5) is 4.19. The predicted molar refractivity (Wildman–Crippen MR) is 49.8 cm³/mol. The first-order valence-electron chi connectivity index (χ1n) is 4.19. The molecule has 0 bridgehead atoms. The van der Waals surface area contributed by atoms with Gasteiger partial charge in [0.2, 0.25) is 0 Å². The summed E-state index contributed by atoms with van der Waals surface area (Å²) >= 11 is 0. The van der Waals surface area contributed by atoms with E-state index in [2.05, 4.69) is 22.2 Å². The SMILES string of the molecule is Cc1ccc(C)n1-c1ncn(C)n1. The summed E-state index contributed by atoms with van der Waals surface area (Å²) in [5.41, 5.74) is 2.31. The van der Waals surface area contributed by atoms with Crippen LogP contribution in [0.4, 0.5) is 0 Å². The van der Waals surface area contributed by atoms with Crippen LogP contribution in [0, 0.1) is 13.8 Å². The van der Waals surface area contributed by atoms with Crippen LogP contribution in [0.25, 0.3) is 5.95 Å². The first kappa shape index (κ1) is 8.04. The minimum absolute atomic E-state index is 0.738. The summed E-state index contributed by atoms with van der Waals surface area (Å²) in [6.07, 6.45) is 1.70. The van der Waals surface area contributed by atoms with Crippen molar-refractivity contribution in [2.24, 2.45) is 7.05 Å². The van der Waals surface area contributed by atoms with Gasteiger partial charge in [-0.05, 0) is 26.0 Å². The van der Waals surface area contributed by atoms with Gasteiger partial charge in [-0.1, -0.05) is 0 Å². The monoisotopic (exact) mass is 176 g/mol. The number of aromatic nitrogens is 4. The summed E-state index contributed by atoms with van der Waals surface area (Å²) in [5.74, 6) is 0.738. The molecule has 0 saturated heterocycles. The van der Waals surface area contributed by atoms with Crippen LogP contribution in [0.2, 0.25) is 0 Å². The lowest BCUT2D eigenvalue weighted by Gasteiger charge is -2.02. The number of hydrogen-bond acceptors (Lipinski definition) is 2. The predicted octanol–water partition coefficient (Wildman–Crippen LogP) is 1.22. The zero-order valence-corrected chi connectivity index (χ0v) is 8.02. The van der Waals surface area contributed by atoms with Gasteiger partial charge in [-0.15, -0.1) is 5.10 Å². The van der Waals surface area contributed by atoms with Crippen LogP contribution in [0.3, 0.4) is 0 Å². The molecule has 4 heteroatoms. The molecule has 0 saturated carbocycles. The van der Waals surface area contributed by atoms with Gasteiger partial charge < -0.3 is 0 Å². The Balaban J connectivity index is 2.57. The lowest BCUT2D eigenvalue weighted by molar-refractivity contribution is 0.745. The van der Waals surface area contributed by atoms with E-state index >= 15 is 0 Å². The number of nitrogens with zero attached hydrogens (tertiary/aromatic N) is 4. The van der Waals surface area contributed by atoms with Crippen molar-refractivity contribution in [3.63, 3.8) is 0 Å². The van der Waals surface area contributed by atoms with Crippen molar-refractivity contribution >= 4 is 0 Å². The average molecular weight is 176 g/mol. The number of hydrogen-bond donors (Lipinski definition) is 0. The Labute approximate surface area is 76.8 Å². The zero-order valence-electron chi connectivity index (χ0n) is 8.02. The summed E-state index contributed by atoms with van der Waals surface area (Å²) in [6, 6.07) is 4.12. The Kier molecular flexibility index (Phi) is 1.69. The molecule has 0 radical (unpaired) electrons. The molecule has 13 heavy (non-hydrogen) atoms. The van der Waals surface area contributed by atoms with Crippen molar-refractivity contribution in [2.75, 3.05) is 0 Å². The fourth-order valence-corrected chi connectivity index (χ4v) is 1.41. The molecule has 0 unspecified atom stereocenters. The molecule has 0 amide bonds. The van der Waals surface area contributed by atoms with Crippen molar-refractivity contribution < 1.29 is 0 Å². The van der Waals surface area contributed by atoms with E-state index in [0.29, 0.717) is 0 Å². The van der Waals surface area contributed by atoms with Crippen LogP contribution in [0.15, 0.2) is 18.5 Å². The van der Waals surface area contributed by atoms with Gasteiger partial charge in [0.15, 0.2) is 0 Å². The molecule has 0 atom stereocenters. The average Bonchev–Trinajstić information content (AvgIpc) is 2.60. The van der Waals surface area contributed by atoms with E-state index < -0.39 is 0 Å². The smallest absolute Gasteiger partial charge is 0.253 e. The Morgan fingerprint density at radius 3 is 2.23 bits per heavy atom. The first-order chi connectivity index (χ1) is 6.18. The maximum Gasteiger partial charge on any atom is 0.253 e. The summed E-state index contributed by atoms with van der Waals surface area (Å²) < 4.78 is 3.73. The van der Waals surface area contributed by atoms with Gasteiger partial charge >= 0.3 is 0 Å². The van der Waals surface area contributed by atoms with Crippen LogP contribution in [-0.4, -0.2) is 19.3 Å². The second kappa shape index (κ2) is 2.73. The summed E-state index contributed by atoms with van der Waals surface area (Å²) in [5, 5.41) is 4.24. The molecule has 0 N–H and O–H groups in total. The third-order valence-corrected chi connectivity index (χ3v) is 2.06. The van der Waals surface area contributed by atoms with Gasteiger partial charge in [0.1, 0.15) is 6.33 Å². The molecule has 2 aromatic rings. The lowest BCUT2D eigenvalue weighted by Crippen LogP contribution is -2.01. The first-order valence-corrected chi connectivity index (χ1v) is 4.19. The van der Waals surface area contributed by atoms with E-state index in [1.807, 2.05) is 25.5 Å². The molecule has 2 rings (SSSR count). The molecule has 0 spiro atoms. The summed E-state index contributed by atoms with van der Waals surface area (Å²) in [7, 11) is 1.87. The third kappa shape index (κ3) is 1.24. The topological polar surface area (TPSA) is 35.6 Å². The van der Waals surface area contributed by atoms with E-state index in [9.17, 15) is 0 Å². The third-order valence-electron chi connectivity index (χ3n) is 2.06. The van der Waals surface area contributed by atoms with E-state index in [0.717, 1.165) is 17.3 Å². The van der Waals surface area contributed by atoms with Crippen molar-refractivity contribution in [2.45, 2.75) is 13.8 Å². The zero-order chi connectivity index (χ0) is 9.42. The minimum Gasteiger partial charge on any atom is -0.286 e. The van der Waals surface area contributed by atoms with Gasteiger partial charge in [-0.25, -0.2) is 0 Å². The van der Waals surface area contributed by atoms with Gasteiger partial charge in [-0.2, -0.15) is 4.98 Å². The Morgan fingerprint density at radius 1 is 1.15 bits per heavy atom. The number of aryl methyl sites for hydroxylation is 3. The highest BCUT2D eigenvalue weighted by Gasteiger charge is 2.06. The molecule has 0 aromatic carbocycles. The minimum atomic E-state index is 0.738. The maximum atomic E-state index is 4.24. The Bertz CT molecular complexity index is 405. The van der Waals surface area contributed by atoms with Gasteiger partial charge in [0, 0.05) is 18.4 Å². The fraction of sp³-hybridized carbons (Fsp3) is 0.333. The van der Waals surface area contributed by atoms with Crippen LogP contribution in [0.5, 0.6) is 0 Å². The Hall–Kier alpha value is -1.58. The van der Waals surface area contributed by atoms with Crippen molar-refractivity contribution in [1.29, 1.82) is 0 Å². The Morgan fingerprint density at radius 2 is 1.77 bits per heavy atom. The largest absolute Gasteiger partial charge is 0.286 e. The number of rotatable bonds is 1. The fourth-order valence-electron chi connectivity index (χ4n) is 1.41. The van der Waals surface area contributed by atoms with Crippen molar-refractivity contribution in [1.82, 2.24) is 19.3 Å². The quantitative estimate of drug-likeness (QED) is 0.655. The second-order valence-corrected chi connectivity index (χ2v) is 3.17. The molecule has 4 nitrogen and oxygen atoms in total.